The largest absolute Gasteiger partial charge is 0.496 e. The molecule has 0 fully saturated rings. The maximum Gasteiger partial charge on any atom is 0.274 e. The Morgan fingerprint density at radius 3 is 2.06 bits per heavy atom. The number of benzene rings is 1. The van der Waals surface area contributed by atoms with E-state index in [0.717, 1.165) is 12.5 Å². The van der Waals surface area contributed by atoms with Crippen molar-refractivity contribution in [3.63, 3.8) is 0 Å². The van der Waals surface area contributed by atoms with Gasteiger partial charge in [0.2, 0.25) is 0 Å². The second-order valence-corrected chi connectivity index (χ2v) is 5.32. The molecule has 0 aromatic heterocycles. The van der Waals surface area contributed by atoms with Crippen LogP contribution in [0, 0.1) is 6.92 Å². The molecule has 18 heavy (non-hydrogen) atoms. The number of halogens is 2. The summed E-state index contributed by atoms with van der Waals surface area (Å²) in [6, 6.07) is 3.21. The van der Waals surface area contributed by atoms with E-state index in [1.807, 2.05) is 0 Å². The molecular weight excluding hydrogens is 238 g/mol. The molecule has 0 aliphatic carbocycles. The van der Waals surface area contributed by atoms with Crippen molar-refractivity contribution in [1.82, 2.24) is 0 Å². The molecule has 1 rings (SSSR count). The monoisotopic (exact) mass is 258 g/mol. The topological polar surface area (TPSA) is 29.5 Å². The highest BCUT2D eigenvalue weighted by molar-refractivity contribution is 5.49. The van der Waals surface area contributed by atoms with Gasteiger partial charge in [-0.2, -0.15) is 0 Å². The summed E-state index contributed by atoms with van der Waals surface area (Å²) in [6.45, 7) is 6.05. The molecule has 0 heterocycles. The van der Waals surface area contributed by atoms with E-state index in [1.165, 1.54) is 13.2 Å². The van der Waals surface area contributed by atoms with Crippen molar-refractivity contribution in [2.24, 2.45) is 0 Å². The number of ether oxygens (including phenoxy) is 1. The average Bonchev–Trinajstić information content (AvgIpc) is 2.26. The van der Waals surface area contributed by atoms with Crippen molar-refractivity contribution in [3.8, 4) is 5.75 Å². The third-order valence-electron chi connectivity index (χ3n) is 3.03. The van der Waals surface area contributed by atoms with Crippen LogP contribution >= 0.6 is 0 Å². The van der Waals surface area contributed by atoms with Crippen LogP contribution in [-0.4, -0.2) is 18.8 Å². The molecule has 0 aliphatic heterocycles. The Hall–Kier alpha value is -1.16. The molecule has 0 saturated carbocycles. The van der Waals surface area contributed by atoms with Crippen LogP contribution in [0.25, 0.3) is 0 Å². The molecule has 0 saturated heterocycles. The fourth-order valence-corrected chi connectivity index (χ4v) is 1.91. The lowest BCUT2D eigenvalue weighted by molar-refractivity contribution is 0.0147. The fourth-order valence-electron chi connectivity index (χ4n) is 1.91. The number of methoxy groups -OCH3 is 1. The van der Waals surface area contributed by atoms with Gasteiger partial charge in [0, 0.05) is 17.9 Å². The first-order valence-corrected chi connectivity index (χ1v) is 5.81. The van der Waals surface area contributed by atoms with Crippen LogP contribution in [0.15, 0.2) is 12.1 Å². The van der Waals surface area contributed by atoms with Crippen molar-refractivity contribution in [2.45, 2.75) is 39.0 Å². The maximum atomic E-state index is 13.6. The molecule has 2 nitrogen and oxygen atoms in total. The lowest BCUT2D eigenvalue weighted by atomic mass is 9.82. The summed E-state index contributed by atoms with van der Waals surface area (Å²) in [4.78, 5) is 0. The number of hydrogen-bond acceptors (Lipinski definition) is 2. The van der Waals surface area contributed by atoms with Gasteiger partial charge in [-0.1, -0.05) is 25.5 Å². The zero-order chi connectivity index (χ0) is 14.1. The predicted molar refractivity (Wildman–Crippen MR) is 67.4 cm³/mol. The van der Waals surface area contributed by atoms with Gasteiger partial charge in [0.05, 0.1) is 19.3 Å². The molecule has 0 spiro atoms. The van der Waals surface area contributed by atoms with Gasteiger partial charge in [-0.15, -0.1) is 0 Å². The summed E-state index contributed by atoms with van der Waals surface area (Å²) in [7, 11) is 1.37. The zero-order valence-electron chi connectivity index (χ0n) is 11.5. The van der Waals surface area contributed by atoms with Crippen molar-refractivity contribution >= 4 is 0 Å². The van der Waals surface area contributed by atoms with Crippen molar-refractivity contribution in [1.29, 1.82) is 0 Å². The van der Waals surface area contributed by atoms with Crippen LogP contribution < -0.4 is 4.74 Å². The summed E-state index contributed by atoms with van der Waals surface area (Å²) < 4.78 is 32.4. The third kappa shape index (κ3) is 2.80. The van der Waals surface area contributed by atoms with Gasteiger partial charge >= 0.3 is 0 Å². The number of hydrogen-bond donors (Lipinski definition) is 1. The van der Waals surface area contributed by atoms with Crippen LogP contribution in [0.1, 0.15) is 37.5 Å². The van der Waals surface area contributed by atoms with Crippen molar-refractivity contribution in [3.05, 3.63) is 28.8 Å². The number of aliphatic hydroxyl groups excluding tert-OH is 1. The summed E-state index contributed by atoms with van der Waals surface area (Å²) >= 11 is 0. The normalized spacial score (nSPS) is 12.7. The minimum absolute atomic E-state index is 0.137. The first-order chi connectivity index (χ1) is 8.13. The summed E-state index contributed by atoms with van der Waals surface area (Å²) in [5.74, 6) is -2.82. The molecule has 1 aromatic rings. The Labute approximate surface area is 107 Å². The predicted octanol–water partition coefficient (Wildman–Crippen LogP) is 3.39. The second-order valence-electron chi connectivity index (χ2n) is 5.32. The Morgan fingerprint density at radius 1 is 1.17 bits per heavy atom. The lowest BCUT2D eigenvalue weighted by Crippen LogP contribution is -2.24. The van der Waals surface area contributed by atoms with Gasteiger partial charge in [-0.25, -0.2) is 8.78 Å². The molecule has 0 unspecified atom stereocenters. The third-order valence-corrected chi connectivity index (χ3v) is 3.03. The SMILES string of the molecule is COc1c(C(C)(F)F)cc(C)cc1C(C)(C)CO. The van der Waals surface area contributed by atoms with E-state index in [9.17, 15) is 13.9 Å². The first kappa shape index (κ1) is 14.9. The van der Waals surface area contributed by atoms with Crippen LogP contribution in [0.3, 0.4) is 0 Å². The molecule has 0 aliphatic rings. The molecule has 102 valence electrons. The molecule has 0 radical (unpaired) electrons. The van der Waals surface area contributed by atoms with Gasteiger partial charge in [-0.05, 0) is 13.0 Å². The van der Waals surface area contributed by atoms with Gasteiger partial charge in [0.25, 0.3) is 5.92 Å². The van der Waals surface area contributed by atoms with E-state index in [4.69, 9.17) is 4.74 Å². The van der Waals surface area contributed by atoms with Gasteiger partial charge in [-0.3, -0.25) is 0 Å². The fraction of sp³-hybridized carbons (Fsp3) is 0.571. The van der Waals surface area contributed by atoms with E-state index in [0.29, 0.717) is 5.56 Å². The van der Waals surface area contributed by atoms with E-state index >= 15 is 0 Å². The van der Waals surface area contributed by atoms with Gasteiger partial charge in [0.1, 0.15) is 5.75 Å². The molecule has 4 heteroatoms. The standard InChI is InChI=1S/C14H20F2O2/c1-9-6-10(13(2,3)8-17)12(18-5)11(7-9)14(4,15)16/h6-7,17H,8H2,1-5H3. The van der Waals surface area contributed by atoms with E-state index in [1.54, 1.807) is 26.8 Å². The van der Waals surface area contributed by atoms with Crippen molar-refractivity contribution in [2.75, 3.05) is 13.7 Å². The van der Waals surface area contributed by atoms with Crippen LogP contribution in [0.5, 0.6) is 5.75 Å². The van der Waals surface area contributed by atoms with Crippen molar-refractivity contribution < 1.29 is 18.6 Å². The summed E-state index contributed by atoms with van der Waals surface area (Å²) in [6.07, 6.45) is 0. The second kappa shape index (κ2) is 4.84. The Balaban J connectivity index is 3.58. The average molecular weight is 258 g/mol. The summed E-state index contributed by atoms with van der Waals surface area (Å²) in [5, 5.41) is 9.41. The lowest BCUT2D eigenvalue weighted by Gasteiger charge is -2.28. The Kier molecular flexibility index (Phi) is 4.01. The Bertz CT molecular complexity index is 434. The molecule has 1 N–H and O–H groups in total. The summed E-state index contributed by atoms with van der Waals surface area (Å²) in [5.41, 5.74) is 0.562. The van der Waals surface area contributed by atoms with Crippen LogP contribution in [-0.2, 0) is 11.3 Å². The van der Waals surface area contributed by atoms with Crippen LogP contribution in [0.4, 0.5) is 8.78 Å². The maximum absolute atomic E-state index is 13.6. The van der Waals surface area contributed by atoms with Gasteiger partial charge < -0.3 is 9.84 Å². The van der Waals surface area contributed by atoms with Gasteiger partial charge in [0.15, 0.2) is 0 Å². The van der Waals surface area contributed by atoms with E-state index < -0.39 is 11.3 Å². The molecule has 0 atom stereocenters. The highest BCUT2D eigenvalue weighted by Gasteiger charge is 2.34. The minimum Gasteiger partial charge on any atom is -0.496 e. The molecule has 0 amide bonds. The highest BCUT2D eigenvalue weighted by Crippen LogP contribution is 2.41. The van der Waals surface area contributed by atoms with E-state index in [-0.39, 0.29) is 17.9 Å². The number of aliphatic hydroxyl groups is 1. The highest BCUT2D eigenvalue weighted by atomic mass is 19.3. The van der Waals surface area contributed by atoms with E-state index in [2.05, 4.69) is 0 Å². The number of aryl methyl sites for hydroxylation is 1. The first-order valence-electron chi connectivity index (χ1n) is 5.81. The molecule has 0 bridgehead atoms. The number of rotatable bonds is 4. The molecule has 1 aromatic carbocycles. The number of alkyl halides is 2. The zero-order valence-corrected chi connectivity index (χ0v) is 11.5. The Morgan fingerprint density at radius 2 is 1.67 bits per heavy atom. The quantitative estimate of drug-likeness (QED) is 0.897. The molecular formula is C14H20F2O2. The van der Waals surface area contributed by atoms with Crippen LogP contribution in [0.2, 0.25) is 0 Å². The minimum atomic E-state index is -2.97. The smallest absolute Gasteiger partial charge is 0.274 e.